The summed E-state index contributed by atoms with van der Waals surface area (Å²) in [6, 6.07) is 3.79. The van der Waals surface area contributed by atoms with E-state index in [0.29, 0.717) is 30.7 Å². The highest BCUT2D eigenvalue weighted by molar-refractivity contribution is 5.97. The number of aromatic nitrogens is 4. The number of aryl methyl sites for hydroxylation is 2. The van der Waals surface area contributed by atoms with E-state index >= 15 is 0 Å². The average molecular weight is 424 g/mol. The second-order valence-corrected chi connectivity index (χ2v) is 6.61. The SMILES string of the molecule is Cn1c(=O)c2c(ncn2CCC[NH2+]CC(=O)c2cc(O)cc(O)c2)n(C)c1=O.[Cl-]. The summed E-state index contributed by atoms with van der Waals surface area (Å²) in [7, 11) is 3.00. The van der Waals surface area contributed by atoms with E-state index in [1.165, 1.54) is 30.1 Å². The largest absolute Gasteiger partial charge is 1.00 e. The minimum Gasteiger partial charge on any atom is -1.00 e. The third-order valence-corrected chi connectivity index (χ3v) is 4.58. The Balaban J connectivity index is 0.00000300. The van der Waals surface area contributed by atoms with Crippen LogP contribution in [0.25, 0.3) is 11.2 Å². The molecule has 1 aromatic carbocycles. The zero-order chi connectivity index (χ0) is 20.4. The van der Waals surface area contributed by atoms with Gasteiger partial charge in [-0.05, 0) is 12.1 Å². The number of ketones is 1. The molecular weight excluding hydrogens is 402 g/mol. The van der Waals surface area contributed by atoms with Crippen molar-refractivity contribution in [2.24, 2.45) is 14.1 Å². The van der Waals surface area contributed by atoms with Crippen LogP contribution in [-0.2, 0) is 20.6 Å². The van der Waals surface area contributed by atoms with Gasteiger partial charge >= 0.3 is 5.69 Å². The first-order valence-electron chi connectivity index (χ1n) is 8.78. The van der Waals surface area contributed by atoms with Gasteiger partial charge in [0.2, 0.25) is 5.78 Å². The summed E-state index contributed by atoms with van der Waals surface area (Å²) in [5.41, 5.74) is 0.150. The summed E-state index contributed by atoms with van der Waals surface area (Å²) < 4.78 is 4.10. The number of nitrogens with zero attached hydrogens (tertiary/aromatic N) is 4. The fourth-order valence-electron chi connectivity index (χ4n) is 3.08. The molecule has 0 aliphatic heterocycles. The Morgan fingerprint density at radius 2 is 1.76 bits per heavy atom. The Hall–Kier alpha value is -3.11. The third kappa shape index (κ3) is 4.49. The van der Waals surface area contributed by atoms with Gasteiger partial charge in [-0.25, -0.2) is 9.78 Å². The Kier molecular flexibility index (Phi) is 6.83. The number of aromatic hydroxyl groups is 2. The molecule has 0 fully saturated rings. The molecule has 0 spiro atoms. The maximum absolute atomic E-state index is 12.4. The molecule has 0 aliphatic carbocycles. The van der Waals surface area contributed by atoms with Crippen LogP contribution in [0.2, 0.25) is 0 Å². The molecule has 0 saturated carbocycles. The fraction of sp³-hybridized carbons (Fsp3) is 0.333. The number of imidazole rings is 1. The van der Waals surface area contributed by atoms with Crippen LogP contribution in [0.4, 0.5) is 0 Å². The summed E-state index contributed by atoms with van der Waals surface area (Å²) in [5.74, 6) is -0.527. The van der Waals surface area contributed by atoms with Crippen molar-refractivity contribution in [3.8, 4) is 11.5 Å². The standard InChI is InChI=1S/C18H21N5O5.ClH/c1-21-16-15(17(27)22(2)18(21)28)23(10-20-16)5-3-4-19-9-14(26)11-6-12(24)8-13(25)7-11;/h6-8,10,19,24-25H,3-5,9H2,1-2H3;1H. The summed E-state index contributed by atoms with van der Waals surface area (Å²) >= 11 is 0. The maximum atomic E-state index is 12.4. The Labute approximate surface area is 171 Å². The smallest absolute Gasteiger partial charge is 0.332 e. The number of nitrogens with two attached hydrogens (primary N) is 1. The van der Waals surface area contributed by atoms with Crippen molar-refractivity contribution in [2.45, 2.75) is 13.0 Å². The monoisotopic (exact) mass is 423 g/mol. The van der Waals surface area contributed by atoms with Gasteiger partial charge in [0.15, 0.2) is 11.2 Å². The van der Waals surface area contributed by atoms with Crippen molar-refractivity contribution in [2.75, 3.05) is 13.1 Å². The first-order valence-corrected chi connectivity index (χ1v) is 8.78. The van der Waals surface area contributed by atoms with Crippen LogP contribution >= 0.6 is 0 Å². The minimum absolute atomic E-state index is 0. The molecule has 29 heavy (non-hydrogen) atoms. The predicted octanol–water partition coefficient (Wildman–Crippen LogP) is -4.31. The molecule has 0 radical (unpaired) electrons. The molecule has 0 saturated heterocycles. The summed E-state index contributed by atoms with van der Waals surface area (Å²) in [5, 5.41) is 20.7. The quantitative estimate of drug-likeness (QED) is 0.260. The Morgan fingerprint density at radius 1 is 1.10 bits per heavy atom. The maximum Gasteiger partial charge on any atom is 0.332 e. The van der Waals surface area contributed by atoms with E-state index in [1.54, 1.807) is 11.6 Å². The normalized spacial score (nSPS) is 10.8. The van der Waals surface area contributed by atoms with Crippen molar-refractivity contribution in [1.82, 2.24) is 18.7 Å². The van der Waals surface area contributed by atoms with Gasteiger partial charge in [-0.1, -0.05) is 0 Å². The lowest BCUT2D eigenvalue weighted by molar-refractivity contribution is -0.643. The van der Waals surface area contributed by atoms with Crippen LogP contribution in [0.3, 0.4) is 0 Å². The van der Waals surface area contributed by atoms with Crippen LogP contribution in [-0.4, -0.2) is 47.8 Å². The number of carbonyl (C=O) groups excluding carboxylic acids is 1. The number of quaternary nitrogens is 1. The molecule has 0 unspecified atom stereocenters. The summed E-state index contributed by atoms with van der Waals surface area (Å²) in [6.07, 6.45) is 2.21. The van der Waals surface area contributed by atoms with E-state index in [-0.39, 0.29) is 41.8 Å². The molecule has 0 atom stereocenters. The highest BCUT2D eigenvalue weighted by Gasteiger charge is 2.14. The molecular formula is C18H22ClN5O5. The van der Waals surface area contributed by atoms with E-state index in [2.05, 4.69) is 4.98 Å². The van der Waals surface area contributed by atoms with Gasteiger partial charge in [0, 0.05) is 38.7 Å². The first-order chi connectivity index (χ1) is 13.3. The molecule has 3 aromatic rings. The first kappa shape index (κ1) is 22.2. The van der Waals surface area contributed by atoms with E-state index < -0.39 is 11.2 Å². The van der Waals surface area contributed by atoms with Crippen molar-refractivity contribution in [3.05, 3.63) is 50.9 Å². The Morgan fingerprint density at radius 3 is 2.41 bits per heavy atom. The number of phenolic OH excluding ortho intramolecular Hbond substituents is 2. The summed E-state index contributed by atoms with van der Waals surface area (Å²) in [4.78, 5) is 40.6. The molecule has 3 rings (SSSR count). The molecule has 10 nitrogen and oxygen atoms in total. The lowest BCUT2D eigenvalue weighted by Gasteiger charge is -2.07. The van der Waals surface area contributed by atoms with Crippen LogP contribution in [0.5, 0.6) is 11.5 Å². The number of hydrogen-bond acceptors (Lipinski definition) is 6. The van der Waals surface area contributed by atoms with E-state index in [1.807, 2.05) is 5.32 Å². The molecule has 4 N–H and O–H groups in total. The van der Waals surface area contributed by atoms with Crippen molar-refractivity contribution >= 4 is 16.9 Å². The molecule has 2 heterocycles. The van der Waals surface area contributed by atoms with Crippen molar-refractivity contribution in [3.63, 3.8) is 0 Å². The molecule has 0 aliphatic rings. The second kappa shape index (κ2) is 8.93. The van der Waals surface area contributed by atoms with Crippen LogP contribution in [0.1, 0.15) is 16.8 Å². The number of hydrogen-bond donors (Lipinski definition) is 3. The van der Waals surface area contributed by atoms with Crippen molar-refractivity contribution < 1.29 is 32.7 Å². The van der Waals surface area contributed by atoms with Gasteiger partial charge in [0.05, 0.1) is 12.9 Å². The highest BCUT2D eigenvalue weighted by Crippen LogP contribution is 2.20. The van der Waals surface area contributed by atoms with Crippen LogP contribution in [0.15, 0.2) is 34.1 Å². The third-order valence-electron chi connectivity index (χ3n) is 4.58. The van der Waals surface area contributed by atoms with E-state index in [9.17, 15) is 24.6 Å². The van der Waals surface area contributed by atoms with Crippen molar-refractivity contribution in [1.29, 1.82) is 0 Å². The number of halogens is 1. The molecule has 11 heteroatoms. The number of benzene rings is 1. The number of carbonyl (C=O) groups is 1. The van der Waals surface area contributed by atoms with Crippen LogP contribution < -0.4 is 29.0 Å². The Bertz CT molecular complexity index is 1140. The number of rotatable bonds is 7. The molecule has 156 valence electrons. The zero-order valence-corrected chi connectivity index (χ0v) is 16.8. The predicted molar refractivity (Wildman–Crippen MR) is 101 cm³/mol. The van der Waals surface area contributed by atoms with E-state index in [4.69, 9.17) is 0 Å². The van der Waals surface area contributed by atoms with Gasteiger partial charge < -0.3 is 32.5 Å². The summed E-state index contributed by atoms with van der Waals surface area (Å²) in [6.45, 7) is 1.31. The number of phenols is 2. The average Bonchev–Trinajstić information content (AvgIpc) is 3.07. The topological polar surface area (TPSA) is 136 Å². The highest BCUT2D eigenvalue weighted by atomic mass is 35.5. The fourth-order valence-corrected chi connectivity index (χ4v) is 3.08. The van der Waals surface area contributed by atoms with Gasteiger partial charge in [-0.15, -0.1) is 0 Å². The van der Waals surface area contributed by atoms with Gasteiger partial charge in [0.25, 0.3) is 5.56 Å². The second-order valence-electron chi connectivity index (χ2n) is 6.61. The molecule has 0 bridgehead atoms. The van der Waals surface area contributed by atoms with Crippen LogP contribution in [0, 0.1) is 0 Å². The van der Waals surface area contributed by atoms with Gasteiger partial charge in [-0.2, -0.15) is 0 Å². The lowest BCUT2D eigenvalue weighted by Crippen LogP contribution is -3.00. The van der Waals surface area contributed by atoms with E-state index in [0.717, 1.165) is 10.6 Å². The molecule has 2 aromatic heterocycles. The minimum atomic E-state index is -0.424. The lowest BCUT2D eigenvalue weighted by atomic mass is 10.1. The number of Topliss-reactive ketones (excluding diaryl/α,β-unsaturated/α-hetero) is 1. The zero-order valence-electron chi connectivity index (χ0n) is 16.0. The van der Waals surface area contributed by atoms with Gasteiger partial charge in [-0.3, -0.25) is 18.7 Å². The molecule has 0 amide bonds. The van der Waals surface area contributed by atoms with Gasteiger partial charge in [0.1, 0.15) is 18.0 Å². The number of fused-ring (bicyclic) bond motifs is 1.